The van der Waals surface area contributed by atoms with Crippen molar-refractivity contribution in [2.45, 2.75) is 44.3 Å². The maximum atomic E-state index is 13.7. The number of hydrogen-bond donors (Lipinski definition) is 4. The van der Waals surface area contributed by atoms with Gasteiger partial charge in [0, 0.05) is 105 Å². The topological polar surface area (TPSA) is 201 Å². The molecule has 72 heavy (non-hydrogen) atoms. The summed E-state index contributed by atoms with van der Waals surface area (Å²) in [4.78, 5) is 67.8. The highest BCUT2D eigenvalue weighted by Crippen LogP contribution is 2.35. The first-order chi connectivity index (χ1) is 35.1. The van der Waals surface area contributed by atoms with Crippen LogP contribution >= 0.6 is 11.6 Å². The molecule has 3 aromatic carbocycles. The van der Waals surface area contributed by atoms with E-state index in [0.29, 0.717) is 124 Å². The van der Waals surface area contributed by atoms with E-state index in [2.05, 4.69) is 45.9 Å². The molecule has 19 nitrogen and oxygen atoms in total. The first-order valence-corrected chi connectivity index (χ1v) is 25.0. The van der Waals surface area contributed by atoms with Crippen LogP contribution in [0.5, 0.6) is 5.75 Å². The molecule has 8 rings (SSSR count). The lowest BCUT2D eigenvalue weighted by Gasteiger charge is -2.42. The monoisotopic (exact) mass is 1010 g/mol. The van der Waals surface area contributed by atoms with Crippen molar-refractivity contribution in [3.63, 3.8) is 0 Å². The molecule has 386 valence electrons. The molecule has 4 aliphatic rings. The summed E-state index contributed by atoms with van der Waals surface area (Å²) in [7, 11) is 1.53. The Hall–Kier alpha value is -5.84. The molecule has 0 bridgehead atoms. The Kier molecular flexibility index (Phi) is 19.1. The lowest BCUT2D eigenvalue weighted by Crippen LogP contribution is -2.53. The van der Waals surface area contributed by atoms with E-state index in [1.807, 2.05) is 18.2 Å². The number of likely N-dealkylation sites (tertiary alicyclic amines) is 1. The number of fused-ring (bicyclic) bond motifs is 2. The standard InChI is InChI=1S/C51H64ClFN10O9/c1-68-46-32-43-38(49(56-34-55-43)57-35-7-8-41(53)40(52)30-35)31-44(46)58-47(64)6-3-14-60-15-11-36(12-16-60)62-19-17-61(18-20-62)21-23-70-25-27-72-29-28-71-26-24-69-22-13-54-42-5-2-4-37-39(42)33-63(51(37)67)45-9-10-48(65)59-50(45)66/h2-8,30-32,34,36,45,54H,9-29,33H2,1H3,(H,58,64)(H,55,56,57)(H,59,65,66)/b6-3+. The molecule has 4 N–H and O–H groups in total. The third-order valence-corrected chi connectivity index (χ3v) is 13.6. The van der Waals surface area contributed by atoms with Crippen LogP contribution in [0.1, 0.15) is 41.6 Å². The van der Waals surface area contributed by atoms with Gasteiger partial charge in [0.1, 0.15) is 29.8 Å². The van der Waals surface area contributed by atoms with Gasteiger partial charge in [0.15, 0.2) is 0 Å². The fourth-order valence-electron chi connectivity index (χ4n) is 9.43. The molecule has 1 aromatic heterocycles. The van der Waals surface area contributed by atoms with Crippen molar-refractivity contribution in [1.29, 1.82) is 0 Å². The van der Waals surface area contributed by atoms with E-state index >= 15 is 0 Å². The Balaban J connectivity index is 0.617. The van der Waals surface area contributed by atoms with E-state index in [4.69, 9.17) is 35.3 Å². The van der Waals surface area contributed by atoms with Gasteiger partial charge in [-0.3, -0.25) is 39.2 Å². The summed E-state index contributed by atoms with van der Waals surface area (Å²) in [6.45, 7) is 12.5. The Labute approximate surface area is 423 Å². The van der Waals surface area contributed by atoms with Crippen LogP contribution in [0, 0.1) is 5.82 Å². The molecule has 21 heteroatoms. The van der Waals surface area contributed by atoms with Crippen molar-refractivity contribution in [1.82, 2.24) is 34.9 Å². The smallest absolute Gasteiger partial charge is 0.255 e. The fraction of sp³-hybridized carbons (Fsp3) is 0.490. The van der Waals surface area contributed by atoms with Gasteiger partial charge in [-0.1, -0.05) is 23.7 Å². The number of piperidine rings is 2. The highest BCUT2D eigenvalue weighted by atomic mass is 35.5. The number of hydrogen-bond acceptors (Lipinski definition) is 16. The summed E-state index contributed by atoms with van der Waals surface area (Å²) < 4.78 is 42.2. The Morgan fingerprint density at radius 2 is 1.58 bits per heavy atom. The van der Waals surface area contributed by atoms with Crippen molar-refractivity contribution in [2.24, 2.45) is 0 Å². The van der Waals surface area contributed by atoms with E-state index in [1.165, 1.54) is 25.6 Å². The zero-order valence-corrected chi connectivity index (χ0v) is 41.4. The average molecular weight is 1020 g/mol. The lowest BCUT2D eigenvalue weighted by molar-refractivity contribution is -0.137. The molecule has 0 spiro atoms. The van der Waals surface area contributed by atoms with Crippen molar-refractivity contribution < 1.29 is 47.3 Å². The maximum absolute atomic E-state index is 13.7. The van der Waals surface area contributed by atoms with Crippen molar-refractivity contribution >= 4 is 69.0 Å². The first kappa shape index (κ1) is 52.5. The number of ether oxygens (including phenoxy) is 5. The number of imide groups is 1. The third kappa shape index (κ3) is 14.2. The van der Waals surface area contributed by atoms with Crippen molar-refractivity contribution in [2.75, 3.05) is 135 Å². The second-order valence-electron chi connectivity index (χ2n) is 18.0. The Morgan fingerprint density at radius 3 is 2.31 bits per heavy atom. The van der Waals surface area contributed by atoms with Gasteiger partial charge in [0.05, 0.1) is 76.2 Å². The van der Waals surface area contributed by atoms with Gasteiger partial charge in [-0.05, 0) is 68.8 Å². The Bertz CT molecular complexity index is 2540. The van der Waals surface area contributed by atoms with E-state index in [1.54, 1.807) is 35.2 Å². The number of methoxy groups -OCH3 is 1. The molecule has 4 amide bonds. The largest absolute Gasteiger partial charge is 0.494 e. The summed E-state index contributed by atoms with van der Waals surface area (Å²) in [5.74, 6) is -0.797. The number of benzene rings is 3. The van der Waals surface area contributed by atoms with Crippen LogP contribution in [0.25, 0.3) is 10.9 Å². The molecule has 3 fully saturated rings. The quantitative estimate of drug-likeness (QED) is 0.0405. The van der Waals surface area contributed by atoms with Gasteiger partial charge in [0.25, 0.3) is 5.91 Å². The molecule has 1 atom stereocenters. The highest BCUT2D eigenvalue weighted by Gasteiger charge is 2.40. The second-order valence-corrected chi connectivity index (χ2v) is 18.4. The van der Waals surface area contributed by atoms with Crippen molar-refractivity contribution in [3.8, 4) is 5.75 Å². The molecule has 0 radical (unpaired) electrons. The number of aromatic nitrogens is 2. The summed E-state index contributed by atoms with van der Waals surface area (Å²) in [5, 5.41) is 12.4. The summed E-state index contributed by atoms with van der Waals surface area (Å²) in [6, 6.07) is 13.2. The van der Waals surface area contributed by atoms with Crippen LogP contribution in [0.4, 0.5) is 27.3 Å². The number of anilines is 4. The van der Waals surface area contributed by atoms with E-state index in [0.717, 1.165) is 69.9 Å². The minimum atomic E-state index is -0.645. The van der Waals surface area contributed by atoms with Gasteiger partial charge in [0.2, 0.25) is 17.7 Å². The van der Waals surface area contributed by atoms with Crippen LogP contribution in [-0.2, 0) is 39.9 Å². The number of carbonyl (C=O) groups excluding carboxylic acids is 4. The SMILES string of the molecule is COc1cc2ncnc(Nc3ccc(F)c(Cl)c3)c2cc1NC(=O)/C=C/CN1CCC(N2CCN(CCOCCOCCOCCOCCNc3cccc4c3CN(C3CCC(=O)NC3=O)C4=O)CC2)CC1. The van der Waals surface area contributed by atoms with E-state index in [-0.39, 0.29) is 29.2 Å². The summed E-state index contributed by atoms with van der Waals surface area (Å²) >= 11 is 5.98. The van der Waals surface area contributed by atoms with Gasteiger partial charge in [-0.2, -0.15) is 0 Å². The highest BCUT2D eigenvalue weighted by molar-refractivity contribution is 6.31. The number of nitrogens with zero attached hydrogens (tertiary/aromatic N) is 6. The van der Waals surface area contributed by atoms with Gasteiger partial charge in [-0.15, -0.1) is 0 Å². The maximum Gasteiger partial charge on any atom is 0.255 e. The predicted molar refractivity (Wildman–Crippen MR) is 270 cm³/mol. The summed E-state index contributed by atoms with van der Waals surface area (Å²) in [6.07, 6.45) is 7.60. The summed E-state index contributed by atoms with van der Waals surface area (Å²) in [5.41, 5.74) is 3.87. The average Bonchev–Trinajstić information content (AvgIpc) is 3.72. The number of carbonyl (C=O) groups is 4. The second kappa shape index (κ2) is 26.2. The molecular weight excluding hydrogens is 951 g/mol. The van der Waals surface area contributed by atoms with Crippen LogP contribution in [0.2, 0.25) is 5.02 Å². The van der Waals surface area contributed by atoms with Gasteiger partial charge >= 0.3 is 0 Å². The number of amides is 4. The fourth-order valence-corrected chi connectivity index (χ4v) is 9.61. The van der Waals surface area contributed by atoms with Crippen LogP contribution < -0.4 is 26.0 Å². The van der Waals surface area contributed by atoms with Crippen LogP contribution in [0.3, 0.4) is 0 Å². The minimum Gasteiger partial charge on any atom is -0.494 e. The lowest BCUT2D eigenvalue weighted by atomic mass is 10.0. The first-order valence-electron chi connectivity index (χ1n) is 24.7. The number of piperazine rings is 1. The van der Waals surface area contributed by atoms with Gasteiger partial charge < -0.3 is 44.5 Å². The Morgan fingerprint density at radius 1 is 0.847 bits per heavy atom. The number of rotatable bonds is 25. The van der Waals surface area contributed by atoms with Gasteiger partial charge in [-0.25, -0.2) is 14.4 Å². The molecule has 0 saturated carbocycles. The van der Waals surface area contributed by atoms with E-state index in [9.17, 15) is 23.6 Å². The molecular formula is C51H64ClFN10O9. The normalized spacial score (nSPS) is 18.2. The molecule has 4 aromatic rings. The molecule has 3 saturated heterocycles. The van der Waals surface area contributed by atoms with Crippen molar-refractivity contribution in [3.05, 3.63) is 89.0 Å². The molecule has 1 unspecified atom stereocenters. The predicted octanol–water partition coefficient (Wildman–Crippen LogP) is 4.69. The number of nitrogens with one attached hydrogen (secondary N) is 4. The zero-order chi connectivity index (χ0) is 50.2. The minimum absolute atomic E-state index is 0.0128. The molecule has 5 heterocycles. The van der Waals surface area contributed by atoms with Crippen LogP contribution in [0.15, 0.2) is 67.0 Å². The molecule has 0 aliphatic carbocycles. The zero-order valence-electron chi connectivity index (χ0n) is 40.7. The number of halogens is 2. The van der Waals surface area contributed by atoms with E-state index < -0.39 is 17.8 Å². The van der Waals surface area contributed by atoms with Crippen LogP contribution in [-0.4, -0.2) is 184 Å². The third-order valence-electron chi connectivity index (χ3n) is 13.3. The molecule has 4 aliphatic heterocycles.